The van der Waals surface area contributed by atoms with Crippen LogP contribution in [0.3, 0.4) is 0 Å². The first-order chi connectivity index (χ1) is 13.3. The van der Waals surface area contributed by atoms with Crippen LogP contribution in [0, 0.1) is 0 Å². The average Bonchev–Trinajstić information content (AvgIpc) is 3.13. The number of rotatable bonds is 3. The summed E-state index contributed by atoms with van der Waals surface area (Å²) in [5, 5.41) is 11.1. The van der Waals surface area contributed by atoms with Gasteiger partial charge in [-0.1, -0.05) is 11.6 Å². The summed E-state index contributed by atoms with van der Waals surface area (Å²) < 4.78 is 44.3. The fraction of sp³-hybridized carbons (Fsp3) is 0.0588. The van der Waals surface area contributed by atoms with Crippen LogP contribution in [0.4, 0.5) is 13.2 Å². The van der Waals surface area contributed by atoms with Crippen molar-refractivity contribution < 1.29 is 17.9 Å². The van der Waals surface area contributed by atoms with Crippen molar-refractivity contribution in [2.45, 2.75) is 6.18 Å². The van der Waals surface area contributed by atoms with E-state index >= 15 is 0 Å². The molecule has 0 amide bonds. The number of nitrogens with one attached hydrogen (secondary N) is 1. The highest BCUT2D eigenvalue weighted by atomic mass is 35.5. The molecule has 0 atom stereocenters. The molecule has 142 valence electrons. The van der Waals surface area contributed by atoms with Gasteiger partial charge >= 0.3 is 6.18 Å². The van der Waals surface area contributed by atoms with Crippen molar-refractivity contribution in [1.29, 1.82) is 0 Å². The number of hydrogen-bond acceptors (Lipinski definition) is 5. The van der Waals surface area contributed by atoms with Crippen molar-refractivity contribution in [3.05, 3.63) is 69.9 Å². The number of hydrogen-bond donors (Lipinski definition) is 1. The molecule has 7 nitrogen and oxygen atoms in total. The standard InChI is InChI=1S/C17H9ClF3N5O2/c18-15-13(28-11-3-1-9-6-23-25-12(9)5-11)8-24-26(16(15)27)14-4-2-10(7-22-14)17(19,20)21/h1-8H,(H,23,25). The number of aromatic nitrogens is 5. The van der Waals surface area contributed by atoms with Gasteiger partial charge in [0.05, 0.1) is 23.5 Å². The SMILES string of the molecule is O=c1c(Cl)c(Oc2ccc3cn[nH]c3c2)cnn1-c1ccc(C(F)(F)F)cn1. The highest BCUT2D eigenvalue weighted by Crippen LogP contribution is 2.30. The normalized spacial score (nSPS) is 11.7. The Morgan fingerprint density at radius 3 is 2.64 bits per heavy atom. The predicted molar refractivity (Wildman–Crippen MR) is 93.8 cm³/mol. The maximum Gasteiger partial charge on any atom is 0.417 e. The predicted octanol–water partition coefficient (Wildman–Crippen LogP) is 3.97. The average molecular weight is 408 g/mol. The van der Waals surface area contributed by atoms with Gasteiger partial charge in [-0.25, -0.2) is 4.98 Å². The number of benzene rings is 1. The van der Waals surface area contributed by atoms with Crippen molar-refractivity contribution in [2.75, 3.05) is 0 Å². The molecule has 0 radical (unpaired) electrons. The minimum Gasteiger partial charge on any atom is -0.454 e. The number of H-pyrrole nitrogens is 1. The summed E-state index contributed by atoms with van der Waals surface area (Å²) in [6.45, 7) is 0. The van der Waals surface area contributed by atoms with Crippen LogP contribution < -0.4 is 10.3 Å². The monoisotopic (exact) mass is 407 g/mol. The third-order valence-electron chi connectivity index (χ3n) is 3.82. The molecule has 0 unspecified atom stereocenters. The molecular formula is C17H9ClF3N5O2. The third kappa shape index (κ3) is 3.29. The molecule has 0 aliphatic carbocycles. The van der Waals surface area contributed by atoms with Gasteiger partial charge < -0.3 is 4.74 Å². The van der Waals surface area contributed by atoms with Gasteiger partial charge in [0.25, 0.3) is 5.56 Å². The third-order valence-corrected chi connectivity index (χ3v) is 4.17. The molecule has 0 aliphatic rings. The topological polar surface area (TPSA) is 85.7 Å². The lowest BCUT2D eigenvalue weighted by molar-refractivity contribution is -0.137. The summed E-state index contributed by atoms with van der Waals surface area (Å²) in [7, 11) is 0. The van der Waals surface area contributed by atoms with Crippen LogP contribution in [0.25, 0.3) is 16.7 Å². The molecule has 4 rings (SSSR count). The van der Waals surface area contributed by atoms with Crippen LogP contribution in [0.5, 0.6) is 11.5 Å². The summed E-state index contributed by atoms with van der Waals surface area (Å²) >= 11 is 6.07. The fourth-order valence-corrected chi connectivity index (χ4v) is 2.61. The molecule has 0 aliphatic heterocycles. The summed E-state index contributed by atoms with van der Waals surface area (Å²) in [5.74, 6) is 0.282. The van der Waals surface area contributed by atoms with E-state index in [0.29, 0.717) is 11.9 Å². The minimum atomic E-state index is -4.53. The molecule has 0 saturated carbocycles. The van der Waals surface area contributed by atoms with Crippen molar-refractivity contribution in [3.8, 4) is 17.3 Å². The number of ether oxygens (including phenoxy) is 1. The molecule has 0 fully saturated rings. The van der Waals surface area contributed by atoms with E-state index in [1.807, 2.05) is 0 Å². The number of fused-ring (bicyclic) bond motifs is 1. The van der Waals surface area contributed by atoms with Crippen molar-refractivity contribution in [3.63, 3.8) is 0 Å². The van der Waals surface area contributed by atoms with E-state index in [1.165, 1.54) is 6.20 Å². The van der Waals surface area contributed by atoms with E-state index in [2.05, 4.69) is 20.3 Å². The van der Waals surface area contributed by atoms with Crippen molar-refractivity contribution in [1.82, 2.24) is 25.0 Å². The molecule has 28 heavy (non-hydrogen) atoms. The first kappa shape index (κ1) is 18.0. The second kappa shape index (κ2) is 6.64. The molecule has 4 aromatic rings. The Morgan fingerprint density at radius 1 is 1.11 bits per heavy atom. The van der Waals surface area contributed by atoms with Crippen molar-refractivity contribution in [2.24, 2.45) is 0 Å². The van der Waals surface area contributed by atoms with Gasteiger partial charge in [-0.3, -0.25) is 9.89 Å². The zero-order valence-corrected chi connectivity index (χ0v) is 14.5. The van der Waals surface area contributed by atoms with Crippen LogP contribution in [0.2, 0.25) is 5.02 Å². The molecule has 0 saturated heterocycles. The fourth-order valence-electron chi connectivity index (χ4n) is 2.44. The van der Waals surface area contributed by atoms with Gasteiger partial charge in [0.1, 0.15) is 5.75 Å². The lowest BCUT2D eigenvalue weighted by atomic mass is 10.2. The first-order valence-electron chi connectivity index (χ1n) is 7.75. The maximum atomic E-state index is 12.6. The quantitative estimate of drug-likeness (QED) is 0.555. The summed E-state index contributed by atoms with van der Waals surface area (Å²) in [6, 6.07) is 6.93. The highest BCUT2D eigenvalue weighted by molar-refractivity contribution is 6.31. The molecular weight excluding hydrogens is 399 g/mol. The smallest absolute Gasteiger partial charge is 0.417 e. The van der Waals surface area contributed by atoms with Crippen LogP contribution in [-0.4, -0.2) is 25.0 Å². The Bertz CT molecular complexity index is 1220. The maximum absolute atomic E-state index is 12.6. The molecule has 1 N–H and O–H groups in total. The molecule has 1 aromatic carbocycles. The molecule has 3 heterocycles. The number of aromatic amines is 1. The van der Waals surface area contributed by atoms with Crippen LogP contribution in [0.1, 0.15) is 5.56 Å². The number of nitrogens with zero attached hydrogens (tertiary/aromatic N) is 4. The van der Waals surface area contributed by atoms with Gasteiger partial charge in [-0.15, -0.1) is 0 Å². The van der Waals surface area contributed by atoms with Gasteiger partial charge in [-0.2, -0.15) is 28.1 Å². The van der Waals surface area contributed by atoms with E-state index in [0.717, 1.165) is 27.7 Å². The first-order valence-corrected chi connectivity index (χ1v) is 8.13. The van der Waals surface area contributed by atoms with E-state index in [1.54, 1.807) is 24.4 Å². The highest BCUT2D eigenvalue weighted by Gasteiger charge is 2.30. The summed E-state index contributed by atoms with van der Waals surface area (Å²) in [4.78, 5) is 16.1. The second-order valence-corrected chi connectivity index (χ2v) is 6.04. The number of alkyl halides is 3. The molecule has 0 bridgehead atoms. The van der Waals surface area contributed by atoms with Gasteiger partial charge in [0, 0.05) is 17.6 Å². The van der Waals surface area contributed by atoms with Crippen molar-refractivity contribution >= 4 is 22.5 Å². The largest absolute Gasteiger partial charge is 0.454 e. The Balaban J connectivity index is 1.65. The van der Waals surface area contributed by atoms with E-state index < -0.39 is 17.3 Å². The Kier molecular flexibility index (Phi) is 4.27. The van der Waals surface area contributed by atoms with Gasteiger partial charge in [0.15, 0.2) is 16.6 Å². The van der Waals surface area contributed by atoms with Gasteiger partial charge in [0.2, 0.25) is 0 Å². The van der Waals surface area contributed by atoms with E-state index in [-0.39, 0.29) is 16.6 Å². The number of halogens is 4. The Morgan fingerprint density at radius 2 is 1.93 bits per heavy atom. The number of pyridine rings is 1. The summed E-state index contributed by atoms with van der Waals surface area (Å²) in [5.41, 5.74) is -0.998. The molecule has 0 spiro atoms. The zero-order chi connectivity index (χ0) is 19.9. The van der Waals surface area contributed by atoms with Crippen LogP contribution in [0.15, 0.2) is 53.7 Å². The minimum absolute atomic E-state index is 0.00584. The molecule has 3 aromatic heterocycles. The lowest BCUT2D eigenvalue weighted by Gasteiger charge is -2.10. The molecule has 11 heteroatoms. The van der Waals surface area contributed by atoms with E-state index in [9.17, 15) is 18.0 Å². The summed E-state index contributed by atoms with van der Waals surface area (Å²) in [6.07, 6.45) is -1.09. The van der Waals surface area contributed by atoms with Crippen LogP contribution >= 0.6 is 11.6 Å². The Hall–Kier alpha value is -3.40. The zero-order valence-electron chi connectivity index (χ0n) is 13.7. The van der Waals surface area contributed by atoms with Gasteiger partial charge in [-0.05, 0) is 24.3 Å². The second-order valence-electron chi connectivity index (χ2n) is 5.66. The van der Waals surface area contributed by atoms with E-state index in [4.69, 9.17) is 16.3 Å². The Labute approximate surface area is 159 Å². The van der Waals surface area contributed by atoms with Crippen LogP contribution in [-0.2, 0) is 6.18 Å². The lowest BCUT2D eigenvalue weighted by Crippen LogP contribution is -2.22.